The SMILES string of the molecule is O=C(COc1ccccc1F)Nc1ccc(C2(NC(=O)c3ncn(-c4cccc(F)c4)n3)CCC2)cc1. The van der Waals surface area contributed by atoms with Crippen molar-refractivity contribution >= 4 is 17.5 Å². The van der Waals surface area contributed by atoms with Crippen LogP contribution in [0.25, 0.3) is 5.69 Å². The zero-order valence-electron chi connectivity index (χ0n) is 19.7. The van der Waals surface area contributed by atoms with Crippen molar-refractivity contribution in [2.75, 3.05) is 11.9 Å². The van der Waals surface area contributed by atoms with Crippen LogP contribution in [0.3, 0.4) is 0 Å². The lowest BCUT2D eigenvalue weighted by Gasteiger charge is -2.43. The fourth-order valence-corrected chi connectivity index (χ4v) is 4.17. The van der Waals surface area contributed by atoms with Crippen LogP contribution < -0.4 is 15.4 Å². The van der Waals surface area contributed by atoms with E-state index in [-0.39, 0.29) is 18.2 Å². The second-order valence-corrected chi connectivity index (χ2v) is 8.73. The van der Waals surface area contributed by atoms with Crippen LogP contribution in [0, 0.1) is 11.6 Å². The number of nitrogens with one attached hydrogen (secondary N) is 2. The number of hydrogen-bond donors (Lipinski definition) is 2. The molecule has 0 saturated heterocycles. The standard InChI is InChI=1S/C27H23F2N5O3/c28-19-5-3-6-21(15-19)34-17-30-25(33-34)26(36)32-27(13-4-14-27)18-9-11-20(12-10-18)31-24(35)16-37-23-8-2-1-7-22(23)29/h1-3,5-12,15,17H,4,13-14,16H2,(H,31,35)(H,32,36). The monoisotopic (exact) mass is 503 g/mol. The van der Waals surface area contributed by atoms with Gasteiger partial charge in [-0.25, -0.2) is 18.4 Å². The van der Waals surface area contributed by atoms with Crippen LogP contribution in [-0.2, 0) is 10.3 Å². The molecule has 1 saturated carbocycles. The van der Waals surface area contributed by atoms with Crippen molar-refractivity contribution in [3.05, 3.63) is 102 Å². The lowest BCUT2D eigenvalue weighted by atomic mass is 9.71. The quantitative estimate of drug-likeness (QED) is 0.372. The largest absolute Gasteiger partial charge is 0.481 e. The molecule has 37 heavy (non-hydrogen) atoms. The van der Waals surface area contributed by atoms with Gasteiger partial charge in [-0.2, -0.15) is 0 Å². The number of hydrogen-bond acceptors (Lipinski definition) is 5. The maximum absolute atomic E-state index is 13.6. The topological polar surface area (TPSA) is 98.1 Å². The Hall–Kier alpha value is -4.60. The Morgan fingerprint density at radius 3 is 2.49 bits per heavy atom. The molecule has 3 aromatic carbocycles. The molecule has 0 unspecified atom stereocenters. The summed E-state index contributed by atoms with van der Waals surface area (Å²) >= 11 is 0. The predicted octanol–water partition coefficient (Wildman–Crippen LogP) is 4.37. The van der Waals surface area contributed by atoms with Crippen LogP contribution in [0.4, 0.5) is 14.5 Å². The van der Waals surface area contributed by atoms with E-state index in [1.165, 1.54) is 41.3 Å². The smallest absolute Gasteiger partial charge is 0.291 e. The highest BCUT2D eigenvalue weighted by molar-refractivity contribution is 5.92. The minimum Gasteiger partial charge on any atom is -0.481 e. The second-order valence-electron chi connectivity index (χ2n) is 8.73. The third kappa shape index (κ3) is 5.32. The zero-order valence-corrected chi connectivity index (χ0v) is 19.7. The first kappa shape index (κ1) is 24.1. The highest BCUT2D eigenvalue weighted by atomic mass is 19.1. The molecule has 0 bridgehead atoms. The highest BCUT2D eigenvalue weighted by Gasteiger charge is 2.40. The molecule has 1 fully saturated rings. The third-order valence-corrected chi connectivity index (χ3v) is 6.24. The fraction of sp³-hybridized carbons (Fsp3) is 0.185. The number of halogens is 2. The summed E-state index contributed by atoms with van der Waals surface area (Å²) in [5, 5.41) is 9.95. The molecule has 0 atom stereocenters. The molecule has 1 heterocycles. The maximum Gasteiger partial charge on any atom is 0.291 e. The number of rotatable bonds is 8. The molecule has 0 spiro atoms. The first-order valence-corrected chi connectivity index (χ1v) is 11.7. The number of carbonyl (C=O) groups excluding carboxylic acids is 2. The second kappa shape index (κ2) is 10.2. The number of amides is 2. The van der Waals surface area contributed by atoms with Crippen molar-refractivity contribution in [3.63, 3.8) is 0 Å². The number of ether oxygens (including phenoxy) is 1. The molecule has 0 aliphatic heterocycles. The Bertz CT molecular complexity index is 1430. The molecule has 2 amide bonds. The van der Waals surface area contributed by atoms with Crippen molar-refractivity contribution in [1.82, 2.24) is 20.1 Å². The summed E-state index contributed by atoms with van der Waals surface area (Å²) in [6.07, 6.45) is 3.79. The molecule has 4 aromatic rings. The van der Waals surface area contributed by atoms with Gasteiger partial charge in [-0.15, -0.1) is 5.10 Å². The van der Waals surface area contributed by atoms with E-state index in [2.05, 4.69) is 20.7 Å². The van der Waals surface area contributed by atoms with Crippen LogP contribution >= 0.6 is 0 Å². The summed E-state index contributed by atoms with van der Waals surface area (Å²) in [6.45, 7) is -0.335. The van der Waals surface area contributed by atoms with E-state index in [0.29, 0.717) is 11.4 Å². The van der Waals surface area contributed by atoms with Gasteiger partial charge in [-0.05, 0) is 67.3 Å². The Kier molecular flexibility index (Phi) is 6.63. The molecular weight excluding hydrogens is 480 g/mol. The molecule has 5 rings (SSSR count). The fourth-order valence-electron chi connectivity index (χ4n) is 4.17. The van der Waals surface area contributed by atoms with Gasteiger partial charge in [0.1, 0.15) is 12.1 Å². The van der Waals surface area contributed by atoms with Crippen molar-refractivity contribution in [1.29, 1.82) is 0 Å². The summed E-state index contributed by atoms with van der Waals surface area (Å²) in [5.74, 6) is -1.83. The first-order valence-electron chi connectivity index (χ1n) is 11.7. The molecule has 10 heteroatoms. The lowest BCUT2D eigenvalue weighted by molar-refractivity contribution is -0.118. The van der Waals surface area contributed by atoms with Crippen LogP contribution in [0.5, 0.6) is 5.75 Å². The summed E-state index contributed by atoms with van der Waals surface area (Å²) < 4.78 is 33.7. The van der Waals surface area contributed by atoms with E-state index < -0.39 is 29.0 Å². The van der Waals surface area contributed by atoms with Crippen LogP contribution in [0.15, 0.2) is 79.1 Å². The Balaban J connectivity index is 1.21. The van der Waals surface area contributed by atoms with Gasteiger partial charge < -0.3 is 15.4 Å². The van der Waals surface area contributed by atoms with E-state index in [1.807, 2.05) is 12.1 Å². The zero-order chi connectivity index (χ0) is 25.8. The van der Waals surface area contributed by atoms with Crippen molar-refractivity contribution < 1.29 is 23.1 Å². The molecule has 1 aliphatic rings. The van der Waals surface area contributed by atoms with Crippen LogP contribution in [0.2, 0.25) is 0 Å². The van der Waals surface area contributed by atoms with Gasteiger partial charge in [0.2, 0.25) is 5.82 Å². The minimum absolute atomic E-state index is 0.00548. The normalized spacial score (nSPS) is 13.9. The van der Waals surface area contributed by atoms with Gasteiger partial charge in [0.25, 0.3) is 11.8 Å². The van der Waals surface area contributed by atoms with Crippen molar-refractivity contribution in [3.8, 4) is 11.4 Å². The third-order valence-electron chi connectivity index (χ3n) is 6.24. The molecule has 1 aromatic heterocycles. The van der Waals surface area contributed by atoms with E-state index in [1.54, 1.807) is 30.3 Å². The number of benzene rings is 3. The van der Waals surface area contributed by atoms with Crippen LogP contribution in [0.1, 0.15) is 35.4 Å². The van der Waals surface area contributed by atoms with Gasteiger partial charge in [0, 0.05) is 5.69 Å². The Labute approximate surface area is 211 Å². The molecule has 2 N–H and O–H groups in total. The van der Waals surface area contributed by atoms with E-state index in [9.17, 15) is 18.4 Å². The van der Waals surface area contributed by atoms with Crippen LogP contribution in [-0.4, -0.2) is 33.2 Å². The van der Waals surface area contributed by atoms with Crippen molar-refractivity contribution in [2.45, 2.75) is 24.8 Å². The summed E-state index contributed by atoms with van der Waals surface area (Å²) in [4.78, 5) is 29.2. The van der Waals surface area contributed by atoms with Gasteiger partial charge in [0.15, 0.2) is 18.2 Å². The molecule has 8 nitrogen and oxygen atoms in total. The minimum atomic E-state index is -0.572. The Morgan fingerprint density at radius 1 is 1.00 bits per heavy atom. The van der Waals surface area contributed by atoms with E-state index >= 15 is 0 Å². The summed E-state index contributed by atoms with van der Waals surface area (Å²) in [7, 11) is 0. The lowest BCUT2D eigenvalue weighted by Crippen LogP contribution is -2.51. The molecular formula is C27H23F2N5O3. The molecule has 0 radical (unpaired) electrons. The van der Waals surface area contributed by atoms with E-state index in [0.717, 1.165) is 24.8 Å². The number of aromatic nitrogens is 3. The maximum atomic E-state index is 13.6. The number of carbonyl (C=O) groups is 2. The van der Waals surface area contributed by atoms with Gasteiger partial charge in [0.05, 0.1) is 11.2 Å². The number of para-hydroxylation sites is 1. The van der Waals surface area contributed by atoms with Crippen molar-refractivity contribution in [2.24, 2.45) is 0 Å². The molecule has 1 aliphatic carbocycles. The average molecular weight is 504 g/mol. The average Bonchev–Trinajstić information content (AvgIpc) is 3.37. The highest BCUT2D eigenvalue weighted by Crippen LogP contribution is 2.41. The van der Waals surface area contributed by atoms with Gasteiger partial charge in [-0.3, -0.25) is 9.59 Å². The summed E-state index contributed by atoms with van der Waals surface area (Å²) in [5.41, 5.74) is 1.32. The van der Waals surface area contributed by atoms with Gasteiger partial charge in [-0.1, -0.05) is 30.3 Å². The summed E-state index contributed by atoms with van der Waals surface area (Å²) in [6, 6.07) is 18.9. The molecule has 188 valence electrons. The predicted molar refractivity (Wildman–Crippen MR) is 131 cm³/mol. The number of nitrogens with zero attached hydrogens (tertiary/aromatic N) is 3. The first-order chi connectivity index (χ1) is 17.9. The van der Waals surface area contributed by atoms with Gasteiger partial charge >= 0.3 is 0 Å². The van der Waals surface area contributed by atoms with E-state index in [4.69, 9.17) is 4.74 Å². The number of anilines is 1. The Morgan fingerprint density at radius 2 is 1.78 bits per heavy atom.